The normalized spacial score (nSPS) is 11.4. The van der Waals surface area contributed by atoms with Crippen LogP contribution in [0.3, 0.4) is 0 Å². The SMILES string of the molecule is C=CSC(C)=NC. The lowest BCUT2D eigenvalue weighted by molar-refractivity contribution is 1.45. The van der Waals surface area contributed by atoms with Crippen molar-refractivity contribution < 1.29 is 0 Å². The second-order valence-electron chi connectivity index (χ2n) is 1.03. The Kier molecular flexibility index (Phi) is 3.80. The van der Waals surface area contributed by atoms with Crippen molar-refractivity contribution in [2.24, 2.45) is 4.99 Å². The summed E-state index contributed by atoms with van der Waals surface area (Å²) in [6.07, 6.45) is 0. The lowest BCUT2D eigenvalue weighted by Crippen LogP contribution is -1.75. The van der Waals surface area contributed by atoms with Crippen LogP contribution in [0, 0.1) is 0 Å². The Morgan fingerprint density at radius 3 is 2.57 bits per heavy atom. The van der Waals surface area contributed by atoms with Crippen LogP contribution in [0.15, 0.2) is 17.0 Å². The fraction of sp³-hybridized carbons (Fsp3) is 0.400. The Labute approximate surface area is 48.5 Å². The third-order valence-corrected chi connectivity index (χ3v) is 1.26. The third-order valence-electron chi connectivity index (χ3n) is 0.569. The zero-order valence-corrected chi connectivity index (χ0v) is 5.46. The van der Waals surface area contributed by atoms with Gasteiger partial charge in [0.1, 0.15) is 0 Å². The molecule has 0 aromatic carbocycles. The molecule has 0 aliphatic rings. The molecule has 0 unspecified atom stereocenters. The van der Waals surface area contributed by atoms with E-state index in [1.54, 1.807) is 24.2 Å². The highest BCUT2D eigenvalue weighted by Crippen LogP contribution is 2.01. The van der Waals surface area contributed by atoms with Crippen molar-refractivity contribution in [3.63, 3.8) is 0 Å². The van der Waals surface area contributed by atoms with E-state index in [1.807, 2.05) is 6.92 Å². The standard InChI is InChI=1S/C5H9NS/c1-4-7-5(2)6-3/h4H,1H2,2-3H3. The molecule has 0 atom stereocenters. The predicted octanol–water partition coefficient (Wildman–Crippen LogP) is 1.91. The lowest BCUT2D eigenvalue weighted by Gasteiger charge is -1.85. The van der Waals surface area contributed by atoms with Crippen molar-refractivity contribution in [1.82, 2.24) is 0 Å². The molecule has 0 rings (SSSR count). The highest BCUT2D eigenvalue weighted by Gasteiger charge is 1.78. The van der Waals surface area contributed by atoms with Crippen LogP contribution in [0.25, 0.3) is 0 Å². The molecule has 0 fully saturated rings. The number of nitrogens with zero attached hydrogens (tertiary/aromatic N) is 1. The Balaban J connectivity index is 3.36. The molecule has 40 valence electrons. The Hall–Kier alpha value is -0.240. The van der Waals surface area contributed by atoms with Crippen LogP contribution in [0.5, 0.6) is 0 Å². The van der Waals surface area contributed by atoms with Gasteiger partial charge in [-0.15, -0.1) is 0 Å². The second kappa shape index (κ2) is 3.93. The summed E-state index contributed by atoms with van der Waals surface area (Å²) in [5, 5.41) is 2.82. The van der Waals surface area contributed by atoms with Crippen molar-refractivity contribution in [3.8, 4) is 0 Å². The summed E-state index contributed by atoms with van der Waals surface area (Å²) in [6, 6.07) is 0. The zero-order chi connectivity index (χ0) is 5.70. The van der Waals surface area contributed by atoms with E-state index in [4.69, 9.17) is 0 Å². The molecule has 0 saturated carbocycles. The smallest absolute Gasteiger partial charge is 0.0683 e. The first kappa shape index (κ1) is 6.76. The molecule has 0 aliphatic carbocycles. The van der Waals surface area contributed by atoms with Crippen LogP contribution in [0.1, 0.15) is 6.92 Å². The minimum atomic E-state index is 1.05. The molecular formula is C5H9NS. The Bertz CT molecular complexity index is 86.1. The van der Waals surface area contributed by atoms with Crippen LogP contribution in [-0.2, 0) is 0 Å². The van der Waals surface area contributed by atoms with E-state index >= 15 is 0 Å². The van der Waals surface area contributed by atoms with Gasteiger partial charge in [0.15, 0.2) is 0 Å². The van der Waals surface area contributed by atoms with Crippen molar-refractivity contribution >= 4 is 16.8 Å². The molecule has 0 N–H and O–H groups in total. The van der Waals surface area contributed by atoms with Crippen molar-refractivity contribution in [2.75, 3.05) is 7.05 Å². The molecule has 0 amide bonds. The van der Waals surface area contributed by atoms with Gasteiger partial charge in [0, 0.05) is 7.05 Å². The van der Waals surface area contributed by atoms with Gasteiger partial charge < -0.3 is 0 Å². The summed E-state index contributed by atoms with van der Waals surface area (Å²) in [4.78, 5) is 3.89. The van der Waals surface area contributed by atoms with Crippen molar-refractivity contribution in [2.45, 2.75) is 6.92 Å². The molecule has 0 aromatic heterocycles. The Morgan fingerprint density at radius 1 is 1.86 bits per heavy atom. The molecule has 0 bridgehead atoms. The number of hydrogen-bond acceptors (Lipinski definition) is 2. The third kappa shape index (κ3) is 3.59. The summed E-state index contributed by atoms with van der Waals surface area (Å²) in [7, 11) is 1.77. The minimum absolute atomic E-state index is 1.05. The topological polar surface area (TPSA) is 12.4 Å². The summed E-state index contributed by atoms with van der Waals surface area (Å²) in [6.45, 7) is 5.48. The van der Waals surface area contributed by atoms with Gasteiger partial charge in [-0.2, -0.15) is 0 Å². The number of aliphatic imine (C=N–C) groups is 1. The lowest BCUT2D eigenvalue weighted by atomic mass is 10.9. The van der Waals surface area contributed by atoms with Gasteiger partial charge in [-0.25, -0.2) is 0 Å². The van der Waals surface area contributed by atoms with E-state index in [0.717, 1.165) is 5.04 Å². The molecule has 7 heavy (non-hydrogen) atoms. The van der Waals surface area contributed by atoms with E-state index in [1.165, 1.54) is 0 Å². The molecule has 0 aliphatic heterocycles. The van der Waals surface area contributed by atoms with Crippen molar-refractivity contribution in [1.29, 1.82) is 0 Å². The van der Waals surface area contributed by atoms with Gasteiger partial charge in [0.25, 0.3) is 0 Å². The van der Waals surface area contributed by atoms with Gasteiger partial charge in [0.2, 0.25) is 0 Å². The average Bonchev–Trinajstić information content (AvgIpc) is 1.68. The van der Waals surface area contributed by atoms with Crippen LogP contribution < -0.4 is 0 Å². The summed E-state index contributed by atoms with van der Waals surface area (Å²) in [5.74, 6) is 0. The van der Waals surface area contributed by atoms with Gasteiger partial charge >= 0.3 is 0 Å². The minimum Gasteiger partial charge on any atom is -0.286 e. The summed E-state index contributed by atoms with van der Waals surface area (Å²) < 4.78 is 0. The van der Waals surface area contributed by atoms with E-state index in [0.29, 0.717) is 0 Å². The van der Waals surface area contributed by atoms with E-state index in [2.05, 4.69) is 11.6 Å². The van der Waals surface area contributed by atoms with Gasteiger partial charge in [-0.1, -0.05) is 18.3 Å². The van der Waals surface area contributed by atoms with Crippen LogP contribution in [-0.4, -0.2) is 12.1 Å². The monoisotopic (exact) mass is 115 g/mol. The molecule has 0 spiro atoms. The predicted molar refractivity (Wildman–Crippen MR) is 36.8 cm³/mol. The Morgan fingerprint density at radius 2 is 2.43 bits per heavy atom. The summed E-state index contributed by atoms with van der Waals surface area (Å²) in [5.41, 5.74) is 0. The number of thioether (sulfide) groups is 1. The quantitative estimate of drug-likeness (QED) is 0.375. The van der Waals surface area contributed by atoms with Gasteiger partial charge in [0.05, 0.1) is 5.04 Å². The highest BCUT2D eigenvalue weighted by atomic mass is 32.2. The zero-order valence-electron chi connectivity index (χ0n) is 4.64. The first-order chi connectivity index (χ1) is 3.31. The van der Waals surface area contributed by atoms with Gasteiger partial charge in [-0.3, -0.25) is 4.99 Å². The fourth-order valence-electron chi connectivity index (χ4n) is 0.173. The number of hydrogen-bond donors (Lipinski definition) is 0. The van der Waals surface area contributed by atoms with Crippen molar-refractivity contribution in [3.05, 3.63) is 12.0 Å². The van der Waals surface area contributed by atoms with E-state index in [-0.39, 0.29) is 0 Å². The maximum Gasteiger partial charge on any atom is 0.0683 e. The summed E-state index contributed by atoms with van der Waals surface area (Å²) >= 11 is 1.55. The molecule has 2 heteroatoms. The molecule has 0 radical (unpaired) electrons. The first-order valence-electron chi connectivity index (χ1n) is 2.02. The fourth-order valence-corrected chi connectivity index (χ4v) is 0.520. The number of rotatable bonds is 1. The second-order valence-corrected chi connectivity index (χ2v) is 2.19. The maximum absolute atomic E-state index is 3.89. The maximum atomic E-state index is 3.89. The average molecular weight is 115 g/mol. The largest absolute Gasteiger partial charge is 0.286 e. The van der Waals surface area contributed by atoms with Gasteiger partial charge in [-0.05, 0) is 12.3 Å². The molecule has 0 saturated heterocycles. The van der Waals surface area contributed by atoms with E-state index in [9.17, 15) is 0 Å². The molecule has 1 nitrogen and oxygen atoms in total. The molecule has 0 aromatic rings. The molecule has 0 heterocycles. The first-order valence-corrected chi connectivity index (χ1v) is 2.90. The van der Waals surface area contributed by atoms with E-state index < -0.39 is 0 Å². The van der Waals surface area contributed by atoms with Crippen LogP contribution >= 0.6 is 11.8 Å². The highest BCUT2D eigenvalue weighted by molar-refractivity contribution is 8.16. The molecular weight excluding hydrogens is 106 g/mol. The van der Waals surface area contributed by atoms with Crippen LogP contribution in [0.2, 0.25) is 0 Å². The van der Waals surface area contributed by atoms with Crippen LogP contribution in [0.4, 0.5) is 0 Å².